The molecule has 4 rings (SSSR count). The van der Waals surface area contributed by atoms with Gasteiger partial charge in [0.05, 0.1) is 20.3 Å². The molecule has 2 aromatic heterocycles. The van der Waals surface area contributed by atoms with Gasteiger partial charge in [-0.2, -0.15) is 13.2 Å². The molecule has 8 nitrogen and oxygen atoms in total. The first-order valence-corrected chi connectivity index (χ1v) is 11.1. The highest BCUT2D eigenvalue weighted by Gasteiger charge is 2.33. The lowest BCUT2D eigenvalue weighted by atomic mass is 10.1. The Bertz CT molecular complexity index is 1520. The van der Waals surface area contributed by atoms with Crippen LogP contribution in [0, 0.1) is 11.6 Å². The quantitative estimate of drug-likeness (QED) is 0.314. The van der Waals surface area contributed by atoms with E-state index in [9.17, 15) is 26.7 Å². The Balaban J connectivity index is 1.72. The van der Waals surface area contributed by atoms with Crippen molar-refractivity contribution in [3.8, 4) is 23.0 Å². The molecule has 0 aliphatic rings. The van der Waals surface area contributed by atoms with E-state index in [0.717, 1.165) is 25.3 Å². The fraction of sp³-hybridized carbons (Fsp3) is 0.240. The largest absolute Gasteiger partial charge is 0.494 e. The molecule has 1 atom stereocenters. The van der Waals surface area contributed by atoms with Crippen LogP contribution in [0.1, 0.15) is 40.5 Å². The van der Waals surface area contributed by atoms with Crippen LogP contribution in [0.3, 0.4) is 0 Å². The first-order valence-electron chi connectivity index (χ1n) is 11.1. The van der Waals surface area contributed by atoms with Crippen molar-refractivity contribution >= 4 is 16.8 Å². The van der Waals surface area contributed by atoms with E-state index in [2.05, 4.69) is 15.3 Å². The number of oxazole rings is 1. The minimum atomic E-state index is -4.68. The van der Waals surface area contributed by atoms with Crippen molar-refractivity contribution in [3.63, 3.8) is 0 Å². The fourth-order valence-corrected chi connectivity index (χ4v) is 3.78. The number of carbonyl (C=O) groups is 1. The molecule has 0 spiro atoms. The summed E-state index contributed by atoms with van der Waals surface area (Å²) in [6, 6.07) is 6.24. The first kappa shape index (κ1) is 26.8. The van der Waals surface area contributed by atoms with E-state index in [1.165, 1.54) is 32.2 Å². The van der Waals surface area contributed by atoms with Gasteiger partial charge in [0.25, 0.3) is 5.91 Å². The Morgan fingerprint density at radius 2 is 1.82 bits per heavy atom. The predicted molar refractivity (Wildman–Crippen MR) is 125 cm³/mol. The summed E-state index contributed by atoms with van der Waals surface area (Å²) < 4.78 is 83.5. The van der Waals surface area contributed by atoms with Crippen molar-refractivity contribution in [3.05, 3.63) is 70.7 Å². The topological polar surface area (TPSA) is 112 Å². The average Bonchev–Trinajstić information content (AvgIpc) is 3.32. The third kappa shape index (κ3) is 4.96. The van der Waals surface area contributed by atoms with Crippen molar-refractivity contribution < 1.29 is 40.6 Å². The molecular weight excluding hydrogens is 515 g/mol. The number of amides is 1. The zero-order valence-corrected chi connectivity index (χ0v) is 20.2. The van der Waals surface area contributed by atoms with Gasteiger partial charge in [-0.25, -0.2) is 18.7 Å². The number of alkyl halides is 3. The van der Waals surface area contributed by atoms with Gasteiger partial charge in [-0.15, -0.1) is 0 Å². The molecule has 0 saturated heterocycles. The van der Waals surface area contributed by atoms with E-state index in [1.807, 2.05) is 0 Å². The number of rotatable bonds is 7. The SMILES string of the molecule is COc1c(F)ccc(CNC(=O)c2nc(-c3ccc(OC)c4nc(C(F)(F)F)ccc34)oc2[C@H](C)N)c1F. The number of hydrogen-bond donors (Lipinski definition) is 2. The number of nitrogens with one attached hydrogen (secondary N) is 1. The van der Waals surface area contributed by atoms with E-state index in [-0.39, 0.29) is 51.7 Å². The molecule has 0 aliphatic heterocycles. The summed E-state index contributed by atoms with van der Waals surface area (Å²) in [5.74, 6) is -3.27. The van der Waals surface area contributed by atoms with Crippen LogP contribution in [0.15, 0.2) is 40.8 Å². The Labute approximate surface area is 212 Å². The highest BCUT2D eigenvalue weighted by Crippen LogP contribution is 2.37. The molecule has 0 radical (unpaired) electrons. The Kier molecular flexibility index (Phi) is 7.22. The van der Waals surface area contributed by atoms with Crippen LogP contribution in [0.4, 0.5) is 22.0 Å². The van der Waals surface area contributed by atoms with Crippen molar-refractivity contribution in [1.29, 1.82) is 0 Å². The maximum Gasteiger partial charge on any atom is 0.433 e. The van der Waals surface area contributed by atoms with Crippen molar-refractivity contribution in [2.24, 2.45) is 5.73 Å². The normalized spacial score (nSPS) is 12.4. The van der Waals surface area contributed by atoms with Gasteiger partial charge >= 0.3 is 6.18 Å². The van der Waals surface area contributed by atoms with E-state index in [4.69, 9.17) is 19.6 Å². The zero-order chi connectivity index (χ0) is 27.8. The van der Waals surface area contributed by atoms with E-state index < -0.39 is 41.2 Å². The molecule has 3 N–H and O–H groups in total. The third-order valence-electron chi connectivity index (χ3n) is 5.62. The Hall–Kier alpha value is -4.26. The number of nitrogens with two attached hydrogens (primary N) is 1. The number of aromatic nitrogens is 2. The molecule has 0 unspecified atom stereocenters. The van der Waals surface area contributed by atoms with Gasteiger partial charge in [-0.1, -0.05) is 6.07 Å². The smallest absolute Gasteiger partial charge is 0.433 e. The van der Waals surface area contributed by atoms with Crippen molar-refractivity contribution in [1.82, 2.24) is 15.3 Å². The second-order valence-corrected chi connectivity index (χ2v) is 8.16. The van der Waals surface area contributed by atoms with Gasteiger partial charge in [0, 0.05) is 23.1 Å². The first-order chi connectivity index (χ1) is 18.0. The van der Waals surface area contributed by atoms with Crippen molar-refractivity contribution in [2.75, 3.05) is 14.2 Å². The molecule has 38 heavy (non-hydrogen) atoms. The summed E-state index contributed by atoms with van der Waals surface area (Å²) in [4.78, 5) is 20.9. The minimum Gasteiger partial charge on any atom is -0.494 e. The number of carbonyl (C=O) groups excluding carboxylic acids is 1. The third-order valence-corrected chi connectivity index (χ3v) is 5.62. The van der Waals surface area contributed by atoms with E-state index >= 15 is 0 Å². The van der Waals surface area contributed by atoms with Crippen LogP contribution >= 0.6 is 0 Å². The second kappa shape index (κ2) is 10.2. The molecule has 0 saturated carbocycles. The maximum absolute atomic E-state index is 14.5. The van der Waals surface area contributed by atoms with E-state index in [0.29, 0.717) is 0 Å². The summed E-state index contributed by atoms with van der Waals surface area (Å²) >= 11 is 0. The number of halogens is 5. The molecule has 13 heteroatoms. The number of ether oxygens (including phenoxy) is 2. The van der Waals surface area contributed by atoms with Crippen LogP contribution < -0.4 is 20.5 Å². The number of fused-ring (bicyclic) bond motifs is 1. The van der Waals surface area contributed by atoms with Crippen LogP contribution in [-0.4, -0.2) is 30.1 Å². The molecule has 2 aromatic carbocycles. The summed E-state index contributed by atoms with van der Waals surface area (Å²) in [6.07, 6.45) is -4.68. The Morgan fingerprint density at radius 3 is 2.45 bits per heavy atom. The summed E-state index contributed by atoms with van der Waals surface area (Å²) in [6.45, 7) is 1.20. The second-order valence-electron chi connectivity index (χ2n) is 8.16. The fourth-order valence-electron chi connectivity index (χ4n) is 3.78. The molecule has 2 heterocycles. The van der Waals surface area contributed by atoms with Gasteiger partial charge in [0.1, 0.15) is 17.0 Å². The van der Waals surface area contributed by atoms with Crippen LogP contribution in [0.2, 0.25) is 0 Å². The molecule has 0 fully saturated rings. The number of methoxy groups -OCH3 is 2. The van der Waals surface area contributed by atoms with Gasteiger partial charge in [-0.05, 0) is 37.3 Å². The zero-order valence-electron chi connectivity index (χ0n) is 20.2. The lowest BCUT2D eigenvalue weighted by Gasteiger charge is -2.11. The van der Waals surface area contributed by atoms with Gasteiger partial charge in [0.2, 0.25) is 5.89 Å². The minimum absolute atomic E-state index is 0.0153. The molecule has 4 aromatic rings. The maximum atomic E-state index is 14.5. The summed E-state index contributed by atoms with van der Waals surface area (Å²) in [5.41, 5.74) is 4.73. The summed E-state index contributed by atoms with van der Waals surface area (Å²) in [5, 5.41) is 2.70. The van der Waals surface area contributed by atoms with Crippen LogP contribution in [0.25, 0.3) is 22.4 Å². The molecule has 200 valence electrons. The van der Waals surface area contributed by atoms with Gasteiger partial charge in [0.15, 0.2) is 28.8 Å². The number of nitrogens with zero attached hydrogens (tertiary/aromatic N) is 2. The molecule has 0 bridgehead atoms. The number of hydrogen-bond acceptors (Lipinski definition) is 7. The lowest BCUT2D eigenvalue weighted by molar-refractivity contribution is -0.140. The standard InChI is InChI=1S/C25H21F5N4O4/c1-11(31)21-20(23(35)32-10-12-4-7-15(26)22(37-3)18(12)27)34-24(38-21)14-5-8-16(36-2)19-13(14)6-9-17(33-19)25(28,29)30/h4-9,11H,10,31H2,1-3H3,(H,32,35)/t11-/m0/s1. The van der Waals surface area contributed by atoms with Gasteiger partial charge < -0.3 is 24.9 Å². The van der Waals surface area contributed by atoms with E-state index in [1.54, 1.807) is 0 Å². The van der Waals surface area contributed by atoms with Crippen LogP contribution in [0.5, 0.6) is 11.5 Å². The highest BCUT2D eigenvalue weighted by atomic mass is 19.4. The number of pyridine rings is 1. The van der Waals surface area contributed by atoms with Gasteiger partial charge in [-0.3, -0.25) is 4.79 Å². The molecule has 0 aliphatic carbocycles. The highest BCUT2D eigenvalue weighted by molar-refractivity contribution is 5.98. The molecular formula is C25H21F5N4O4. The molecule has 1 amide bonds. The predicted octanol–water partition coefficient (Wildman–Crippen LogP) is 5.15. The number of benzene rings is 2. The Morgan fingerprint density at radius 1 is 1.08 bits per heavy atom. The van der Waals surface area contributed by atoms with Crippen molar-refractivity contribution in [2.45, 2.75) is 25.7 Å². The lowest BCUT2D eigenvalue weighted by Crippen LogP contribution is -2.26. The monoisotopic (exact) mass is 536 g/mol. The van der Waals surface area contributed by atoms with Crippen LogP contribution in [-0.2, 0) is 12.7 Å². The average molecular weight is 536 g/mol. The summed E-state index contributed by atoms with van der Waals surface area (Å²) in [7, 11) is 2.40.